The van der Waals surface area contributed by atoms with Crippen molar-refractivity contribution in [2.24, 2.45) is 5.73 Å². The summed E-state index contributed by atoms with van der Waals surface area (Å²) < 4.78 is 27.1. The van der Waals surface area contributed by atoms with Crippen LogP contribution in [0.4, 0.5) is 0 Å². The lowest BCUT2D eigenvalue weighted by atomic mass is 9.93. The fourth-order valence-corrected chi connectivity index (χ4v) is 4.85. The zero-order chi connectivity index (χ0) is 15.9. The van der Waals surface area contributed by atoms with E-state index in [4.69, 9.17) is 5.73 Å². The Labute approximate surface area is 129 Å². The average molecular weight is 312 g/mol. The zero-order valence-corrected chi connectivity index (χ0v) is 14.2. The lowest BCUT2D eigenvalue weighted by Gasteiger charge is -2.40. The van der Waals surface area contributed by atoms with Gasteiger partial charge in [-0.05, 0) is 24.8 Å². The summed E-state index contributed by atoms with van der Waals surface area (Å²) in [6, 6.07) is 9.72. The molecule has 0 aliphatic carbocycles. The van der Waals surface area contributed by atoms with Crippen molar-refractivity contribution in [3.63, 3.8) is 0 Å². The van der Waals surface area contributed by atoms with E-state index in [1.54, 1.807) is 4.31 Å². The Hall–Kier alpha value is -0.910. The van der Waals surface area contributed by atoms with Crippen LogP contribution in [0.25, 0.3) is 0 Å². The van der Waals surface area contributed by atoms with Crippen LogP contribution >= 0.6 is 0 Å². The van der Waals surface area contributed by atoms with Crippen molar-refractivity contribution >= 4 is 10.0 Å². The molecule has 5 heteroatoms. The highest BCUT2D eigenvalue weighted by atomic mass is 32.2. The van der Waals surface area contributed by atoms with Gasteiger partial charge >= 0.3 is 0 Å². The Morgan fingerprint density at radius 3 is 2.10 bits per heavy atom. The quantitative estimate of drug-likeness (QED) is 0.761. The highest BCUT2D eigenvalue weighted by Crippen LogP contribution is 2.26. The molecule has 21 heavy (non-hydrogen) atoms. The van der Waals surface area contributed by atoms with Crippen LogP contribution in [-0.4, -0.2) is 37.1 Å². The monoisotopic (exact) mass is 312 g/mol. The predicted octanol–water partition coefficient (Wildman–Crippen LogP) is 2.40. The normalized spacial score (nSPS) is 12.8. The highest BCUT2D eigenvalue weighted by molar-refractivity contribution is 7.89. The second-order valence-electron chi connectivity index (χ2n) is 5.35. The Morgan fingerprint density at radius 2 is 1.67 bits per heavy atom. The van der Waals surface area contributed by atoms with E-state index in [9.17, 15) is 8.42 Å². The van der Waals surface area contributed by atoms with E-state index < -0.39 is 15.6 Å². The van der Waals surface area contributed by atoms with Gasteiger partial charge in [-0.25, -0.2) is 8.42 Å². The molecular weight excluding hydrogens is 284 g/mol. The van der Waals surface area contributed by atoms with Crippen LogP contribution in [0.15, 0.2) is 30.3 Å². The van der Waals surface area contributed by atoms with Crippen molar-refractivity contribution in [3.05, 3.63) is 35.9 Å². The molecule has 0 heterocycles. The minimum Gasteiger partial charge on any atom is -0.329 e. The molecule has 0 aliphatic heterocycles. The minimum absolute atomic E-state index is 0.132. The fraction of sp³-hybridized carbons (Fsp3) is 0.625. The molecule has 0 radical (unpaired) electrons. The van der Waals surface area contributed by atoms with Crippen molar-refractivity contribution in [2.45, 2.75) is 45.6 Å². The van der Waals surface area contributed by atoms with E-state index >= 15 is 0 Å². The maximum absolute atomic E-state index is 12.7. The lowest BCUT2D eigenvalue weighted by Crippen LogP contribution is -2.56. The molecule has 0 aliphatic rings. The minimum atomic E-state index is -3.31. The second-order valence-corrected chi connectivity index (χ2v) is 7.36. The first-order valence-corrected chi connectivity index (χ1v) is 9.31. The summed E-state index contributed by atoms with van der Waals surface area (Å²) in [5.41, 5.74) is 6.49. The summed E-state index contributed by atoms with van der Waals surface area (Å²) in [7, 11) is -3.31. The number of aryl methyl sites for hydroxylation is 1. The third kappa shape index (κ3) is 4.28. The van der Waals surface area contributed by atoms with Gasteiger partial charge in [-0.15, -0.1) is 0 Å². The molecule has 2 N–H and O–H groups in total. The Balaban J connectivity index is 2.92. The summed E-state index contributed by atoms with van der Waals surface area (Å²) in [5, 5.41) is 0. The van der Waals surface area contributed by atoms with Crippen LogP contribution in [0.2, 0.25) is 0 Å². The molecule has 0 unspecified atom stereocenters. The maximum Gasteiger partial charge on any atom is 0.214 e. The van der Waals surface area contributed by atoms with Gasteiger partial charge in [-0.3, -0.25) is 0 Å². The molecular formula is C16H28N2O2S. The number of hydrogen-bond acceptors (Lipinski definition) is 3. The molecule has 0 aromatic heterocycles. The van der Waals surface area contributed by atoms with Crippen molar-refractivity contribution in [1.82, 2.24) is 4.31 Å². The van der Waals surface area contributed by atoms with Gasteiger partial charge < -0.3 is 5.73 Å². The molecule has 120 valence electrons. The maximum atomic E-state index is 12.7. The van der Waals surface area contributed by atoms with Gasteiger partial charge in [0.15, 0.2) is 0 Å². The first-order valence-electron chi connectivity index (χ1n) is 7.70. The van der Waals surface area contributed by atoms with Gasteiger partial charge in [-0.2, -0.15) is 4.31 Å². The van der Waals surface area contributed by atoms with E-state index in [1.807, 2.05) is 51.1 Å². The molecule has 1 aromatic carbocycles. The summed E-state index contributed by atoms with van der Waals surface area (Å²) in [6.45, 7) is 6.72. The number of sulfonamides is 1. The molecule has 4 nitrogen and oxygen atoms in total. The second kappa shape index (κ2) is 7.92. The predicted molar refractivity (Wildman–Crippen MR) is 88.7 cm³/mol. The van der Waals surface area contributed by atoms with Crippen molar-refractivity contribution in [2.75, 3.05) is 18.8 Å². The molecule has 1 rings (SSSR count). The van der Waals surface area contributed by atoms with Gasteiger partial charge in [0.2, 0.25) is 10.0 Å². The number of nitrogens with zero attached hydrogens (tertiary/aromatic N) is 1. The topological polar surface area (TPSA) is 63.4 Å². The van der Waals surface area contributed by atoms with Gasteiger partial charge in [0.25, 0.3) is 0 Å². The van der Waals surface area contributed by atoms with Crippen molar-refractivity contribution < 1.29 is 8.42 Å². The molecule has 0 saturated carbocycles. The van der Waals surface area contributed by atoms with Crippen LogP contribution in [0, 0.1) is 0 Å². The summed E-state index contributed by atoms with van der Waals surface area (Å²) in [6.07, 6.45) is 2.00. The van der Waals surface area contributed by atoms with E-state index in [0.29, 0.717) is 19.5 Å². The SMILES string of the molecule is CCN(C(CC)(CC)CN)S(=O)(=O)CCc1ccccc1. The van der Waals surface area contributed by atoms with Crippen LogP contribution < -0.4 is 5.73 Å². The van der Waals surface area contributed by atoms with Gasteiger partial charge in [0.05, 0.1) is 5.75 Å². The molecule has 0 spiro atoms. The summed E-state index contributed by atoms with van der Waals surface area (Å²) in [4.78, 5) is 0. The Kier molecular flexibility index (Phi) is 6.84. The number of nitrogens with two attached hydrogens (primary N) is 1. The van der Waals surface area contributed by atoms with Crippen molar-refractivity contribution in [1.29, 1.82) is 0 Å². The molecule has 1 aromatic rings. The van der Waals surface area contributed by atoms with Crippen LogP contribution in [0.1, 0.15) is 39.2 Å². The third-order valence-corrected chi connectivity index (χ3v) is 6.38. The Bertz CT molecular complexity index is 502. The van der Waals surface area contributed by atoms with Gasteiger partial charge in [0, 0.05) is 18.6 Å². The third-order valence-electron chi connectivity index (χ3n) is 4.34. The molecule has 0 fully saturated rings. The van der Waals surface area contributed by atoms with E-state index in [-0.39, 0.29) is 5.75 Å². The summed E-state index contributed by atoms with van der Waals surface area (Å²) in [5.74, 6) is 0.132. The fourth-order valence-electron chi connectivity index (χ4n) is 2.82. The number of rotatable bonds is 9. The Morgan fingerprint density at radius 1 is 1.10 bits per heavy atom. The zero-order valence-electron chi connectivity index (χ0n) is 13.4. The van der Waals surface area contributed by atoms with Gasteiger partial charge in [0.1, 0.15) is 0 Å². The number of hydrogen-bond donors (Lipinski definition) is 1. The van der Waals surface area contributed by atoms with E-state index in [1.165, 1.54) is 0 Å². The number of benzene rings is 1. The average Bonchev–Trinajstić information content (AvgIpc) is 2.51. The molecule has 0 bridgehead atoms. The smallest absolute Gasteiger partial charge is 0.214 e. The first-order chi connectivity index (χ1) is 9.95. The number of likely N-dealkylation sites (N-methyl/N-ethyl adjacent to an activating group) is 1. The van der Waals surface area contributed by atoms with Crippen LogP contribution in [0.5, 0.6) is 0 Å². The van der Waals surface area contributed by atoms with Gasteiger partial charge in [-0.1, -0.05) is 51.1 Å². The first kappa shape index (κ1) is 18.1. The molecule has 0 saturated heterocycles. The summed E-state index contributed by atoms with van der Waals surface area (Å²) >= 11 is 0. The van der Waals surface area contributed by atoms with Crippen LogP contribution in [-0.2, 0) is 16.4 Å². The van der Waals surface area contributed by atoms with E-state index in [2.05, 4.69) is 0 Å². The lowest BCUT2D eigenvalue weighted by molar-refractivity contribution is 0.184. The van der Waals surface area contributed by atoms with Crippen molar-refractivity contribution in [3.8, 4) is 0 Å². The van der Waals surface area contributed by atoms with E-state index in [0.717, 1.165) is 18.4 Å². The highest BCUT2D eigenvalue weighted by Gasteiger charge is 2.38. The largest absolute Gasteiger partial charge is 0.329 e. The molecule has 0 atom stereocenters. The standard InChI is InChI=1S/C16H28N2O2S/c1-4-16(5-2,14-17)18(6-3)21(19,20)13-12-15-10-8-7-9-11-15/h7-11H,4-6,12-14,17H2,1-3H3. The molecule has 0 amide bonds. The van der Waals surface area contributed by atoms with Crippen LogP contribution in [0.3, 0.4) is 0 Å².